The first-order chi connectivity index (χ1) is 6.09. The molecule has 0 fully saturated rings. The number of amides is 1. The quantitative estimate of drug-likeness (QED) is 0.538. The summed E-state index contributed by atoms with van der Waals surface area (Å²) in [5.41, 5.74) is -0.785. The monoisotopic (exact) mass is 221 g/mol. The minimum Gasteiger partial charge on any atom is -0.334 e. The first-order valence-electron chi connectivity index (χ1n) is 3.98. The van der Waals surface area contributed by atoms with E-state index in [1.165, 1.54) is 0 Å². The Morgan fingerprint density at radius 2 is 1.93 bits per heavy atom. The van der Waals surface area contributed by atoms with Gasteiger partial charge in [-0.1, -0.05) is 27.4 Å². The molecule has 82 valence electrons. The van der Waals surface area contributed by atoms with E-state index >= 15 is 0 Å². The van der Waals surface area contributed by atoms with Crippen LogP contribution in [0.1, 0.15) is 20.8 Å². The van der Waals surface area contributed by atoms with E-state index in [2.05, 4.69) is 11.9 Å². The maximum Gasteiger partial charge on any atom is 0.286 e. The van der Waals surface area contributed by atoms with Gasteiger partial charge in [0, 0.05) is 0 Å². The Morgan fingerprint density at radius 3 is 2.14 bits per heavy atom. The Balaban J connectivity index is 4.96. The third-order valence-corrected chi connectivity index (χ3v) is 2.96. The summed E-state index contributed by atoms with van der Waals surface area (Å²) < 4.78 is 30.8. The SMILES string of the molecule is C=CC(=O)NC(C(C)(C)C)S(=O)(=O)O. The minimum atomic E-state index is -4.31. The van der Waals surface area contributed by atoms with Crippen LogP contribution in [-0.4, -0.2) is 24.3 Å². The Hall–Kier alpha value is -0.880. The third-order valence-electron chi connectivity index (χ3n) is 1.54. The fraction of sp³-hybridized carbons (Fsp3) is 0.625. The molecule has 6 heteroatoms. The van der Waals surface area contributed by atoms with Crippen LogP contribution in [0.25, 0.3) is 0 Å². The van der Waals surface area contributed by atoms with Crippen LogP contribution >= 0.6 is 0 Å². The van der Waals surface area contributed by atoms with Crippen molar-refractivity contribution in [2.75, 3.05) is 0 Å². The zero-order chi connectivity index (χ0) is 11.6. The number of rotatable bonds is 3. The lowest BCUT2D eigenvalue weighted by Gasteiger charge is -2.28. The fourth-order valence-corrected chi connectivity index (χ4v) is 2.08. The Labute approximate surface area is 83.9 Å². The molecule has 1 atom stereocenters. The van der Waals surface area contributed by atoms with Crippen molar-refractivity contribution in [1.82, 2.24) is 5.32 Å². The molecule has 0 aromatic heterocycles. The first-order valence-corrected chi connectivity index (χ1v) is 5.48. The molecule has 0 radical (unpaired) electrons. The predicted octanol–water partition coefficient (Wildman–Crippen LogP) is 0.549. The molecule has 1 amide bonds. The van der Waals surface area contributed by atoms with Gasteiger partial charge in [-0.05, 0) is 11.5 Å². The highest BCUT2D eigenvalue weighted by atomic mass is 32.2. The highest BCUT2D eigenvalue weighted by Crippen LogP contribution is 2.22. The number of hydrogen-bond acceptors (Lipinski definition) is 3. The first kappa shape index (κ1) is 13.1. The lowest BCUT2D eigenvalue weighted by molar-refractivity contribution is -0.117. The van der Waals surface area contributed by atoms with Crippen LogP contribution in [0.15, 0.2) is 12.7 Å². The van der Waals surface area contributed by atoms with Gasteiger partial charge in [-0.3, -0.25) is 9.35 Å². The molecule has 5 nitrogen and oxygen atoms in total. The van der Waals surface area contributed by atoms with Gasteiger partial charge in [0.05, 0.1) is 0 Å². The van der Waals surface area contributed by atoms with Crippen molar-refractivity contribution in [3.63, 3.8) is 0 Å². The van der Waals surface area contributed by atoms with Gasteiger partial charge >= 0.3 is 0 Å². The smallest absolute Gasteiger partial charge is 0.286 e. The van der Waals surface area contributed by atoms with Crippen molar-refractivity contribution in [3.8, 4) is 0 Å². The molecule has 14 heavy (non-hydrogen) atoms. The summed E-state index contributed by atoms with van der Waals surface area (Å²) in [7, 11) is -4.31. The number of carbonyl (C=O) groups excluding carboxylic acids is 1. The van der Waals surface area contributed by atoms with Crippen molar-refractivity contribution in [2.24, 2.45) is 5.41 Å². The number of carbonyl (C=O) groups is 1. The molecular weight excluding hydrogens is 206 g/mol. The van der Waals surface area contributed by atoms with Crippen molar-refractivity contribution < 1.29 is 17.8 Å². The summed E-state index contributed by atoms with van der Waals surface area (Å²) in [5.74, 6) is -0.637. The third kappa shape index (κ3) is 3.89. The van der Waals surface area contributed by atoms with E-state index in [4.69, 9.17) is 4.55 Å². The molecule has 0 spiro atoms. The summed E-state index contributed by atoms with van der Waals surface area (Å²) in [5, 5.41) is 0.819. The molecule has 0 aromatic rings. The van der Waals surface area contributed by atoms with Gasteiger partial charge in [-0.15, -0.1) is 0 Å². The summed E-state index contributed by atoms with van der Waals surface area (Å²) in [6, 6.07) is 0. The Kier molecular flexibility index (Phi) is 3.84. The molecule has 0 aromatic carbocycles. The second-order valence-corrected chi connectivity index (χ2v) is 5.48. The van der Waals surface area contributed by atoms with E-state index in [1.54, 1.807) is 20.8 Å². The van der Waals surface area contributed by atoms with Crippen molar-refractivity contribution in [2.45, 2.75) is 26.1 Å². The lowest BCUT2D eigenvalue weighted by Crippen LogP contribution is -2.48. The van der Waals surface area contributed by atoms with Crippen LogP contribution in [0.5, 0.6) is 0 Å². The summed E-state index contributed by atoms with van der Waals surface area (Å²) in [4.78, 5) is 10.9. The largest absolute Gasteiger partial charge is 0.334 e. The van der Waals surface area contributed by atoms with Crippen LogP contribution in [0.4, 0.5) is 0 Å². The van der Waals surface area contributed by atoms with E-state index in [9.17, 15) is 13.2 Å². The molecule has 0 aliphatic heterocycles. The summed E-state index contributed by atoms with van der Waals surface area (Å²) in [6.07, 6.45) is 0.948. The Morgan fingerprint density at radius 1 is 1.50 bits per heavy atom. The van der Waals surface area contributed by atoms with Gasteiger partial charge in [0.2, 0.25) is 5.91 Å². The number of hydrogen-bond donors (Lipinski definition) is 2. The van der Waals surface area contributed by atoms with Crippen LogP contribution in [0, 0.1) is 5.41 Å². The van der Waals surface area contributed by atoms with Crippen LogP contribution < -0.4 is 5.32 Å². The molecule has 2 N–H and O–H groups in total. The normalized spacial score (nSPS) is 14.6. The Bertz CT molecular complexity index is 326. The van der Waals surface area contributed by atoms with Gasteiger partial charge in [0.25, 0.3) is 10.1 Å². The van der Waals surface area contributed by atoms with Crippen molar-refractivity contribution in [1.29, 1.82) is 0 Å². The van der Waals surface area contributed by atoms with Gasteiger partial charge < -0.3 is 5.32 Å². The van der Waals surface area contributed by atoms with Crippen molar-refractivity contribution in [3.05, 3.63) is 12.7 Å². The molecule has 1 unspecified atom stereocenters. The van der Waals surface area contributed by atoms with Gasteiger partial charge in [0.15, 0.2) is 5.37 Å². The van der Waals surface area contributed by atoms with E-state index in [0.29, 0.717) is 0 Å². The highest BCUT2D eigenvalue weighted by molar-refractivity contribution is 7.86. The average Bonchev–Trinajstić information content (AvgIpc) is 1.95. The zero-order valence-corrected chi connectivity index (χ0v) is 9.26. The summed E-state index contributed by atoms with van der Waals surface area (Å²) >= 11 is 0. The molecule has 0 aliphatic rings. The van der Waals surface area contributed by atoms with Crippen molar-refractivity contribution >= 4 is 16.0 Å². The van der Waals surface area contributed by atoms with Gasteiger partial charge in [0.1, 0.15) is 0 Å². The van der Waals surface area contributed by atoms with E-state index in [0.717, 1.165) is 6.08 Å². The van der Waals surface area contributed by atoms with Crippen LogP contribution in [-0.2, 0) is 14.9 Å². The van der Waals surface area contributed by atoms with Gasteiger partial charge in [-0.2, -0.15) is 8.42 Å². The average molecular weight is 221 g/mol. The van der Waals surface area contributed by atoms with Gasteiger partial charge in [-0.25, -0.2) is 0 Å². The maximum atomic E-state index is 10.9. The topological polar surface area (TPSA) is 83.5 Å². The second kappa shape index (κ2) is 4.10. The molecule has 0 aliphatic carbocycles. The predicted molar refractivity (Wildman–Crippen MR) is 53.1 cm³/mol. The summed E-state index contributed by atoms with van der Waals surface area (Å²) in [6.45, 7) is 7.97. The fourth-order valence-electron chi connectivity index (χ4n) is 0.926. The zero-order valence-electron chi connectivity index (χ0n) is 8.44. The second-order valence-electron chi connectivity index (χ2n) is 3.97. The maximum absolute atomic E-state index is 10.9. The highest BCUT2D eigenvalue weighted by Gasteiger charge is 2.35. The molecule has 0 rings (SSSR count). The minimum absolute atomic E-state index is 0.637. The van der Waals surface area contributed by atoms with E-state index in [-0.39, 0.29) is 0 Å². The molecule has 0 heterocycles. The molecule has 0 saturated carbocycles. The number of nitrogens with one attached hydrogen (secondary N) is 1. The van der Waals surface area contributed by atoms with E-state index < -0.39 is 26.8 Å². The molecule has 0 saturated heterocycles. The molecule has 0 bridgehead atoms. The van der Waals surface area contributed by atoms with Crippen LogP contribution in [0.3, 0.4) is 0 Å². The lowest BCUT2D eigenvalue weighted by atomic mass is 9.96. The van der Waals surface area contributed by atoms with E-state index in [1.807, 2.05) is 0 Å². The standard InChI is InChI=1S/C8H15NO4S/c1-5-6(10)9-7(8(2,3)4)14(11,12)13/h5,7H,1H2,2-4H3,(H,9,10)(H,11,12,13). The molecular formula is C8H15NO4S. The van der Waals surface area contributed by atoms with Crippen LogP contribution in [0.2, 0.25) is 0 Å².